The Labute approximate surface area is 198 Å². The van der Waals surface area contributed by atoms with Gasteiger partial charge in [0, 0.05) is 27.9 Å². The van der Waals surface area contributed by atoms with E-state index in [1.807, 2.05) is 0 Å². The van der Waals surface area contributed by atoms with E-state index in [1.54, 1.807) is 24.3 Å². The first-order valence-electron chi connectivity index (χ1n) is 10.1. The Morgan fingerprint density at radius 2 is 1.85 bits per heavy atom. The number of ether oxygens (including phenoxy) is 1. The first-order valence-corrected chi connectivity index (χ1v) is 10.5. The van der Waals surface area contributed by atoms with E-state index in [0.29, 0.717) is 33.7 Å². The van der Waals surface area contributed by atoms with Gasteiger partial charge >= 0.3 is 12.1 Å². The van der Waals surface area contributed by atoms with Crippen LogP contribution >= 0.6 is 11.6 Å². The van der Waals surface area contributed by atoms with Gasteiger partial charge in [0.2, 0.25) is 0 Å². The number of aliphatic carboxylic acids is 1. The number of rotatable bonds is 9. The Morgan fingerprint density at radius 1 is 1.12 bits per heavy atom. The predicted octanol–water partition coefficient (Wildman–Crippen LogP) is 5.88. The second-order valence-corrected chi connectivity index (χ2v) is 7.75. The topological polar surface area (TPSA) is 88.5 Å². The van der Waals surface area contributed by atoms with Gasteiger partial charge in [0.15, 0.2) is 5.78 Å². The van der Waals surface area contributed by atoms with Crippen molar-refractivity contribution in [2.75, 3.05) is 18.5 Å². The Balaban J connectivity index is 1.77. The molecule has 0 fully saturated rings. The first-order chi connectivity index (χ1) is 16.1. The molecule has 2 N–H and O–H groups in total. The normalized spacial score (nSPS) is 11.2. The lowest BCUT2D eigenvalue weighted by Gasteiger charge is -2.14. The molecule has 6 nitrogen and oxygen atoms in total. The summed E-state index contributed by atoms with van der Waals surface area (Å²) in [6, 6.07) is 12.3. The van der Waals surface area contributed by atoms with Crippen LogP contribution in [0.5, 0.6) is 5.75 Å². The summed E-state index contributed by atoms with van der Waals surface area (Å²) in [5.41, 5.74) is 0.903. The van der Waals surface area contributed by atoms with Crippen LogP contribution in [0.4, 0.5) is 18.9 Å². The first kappa shape index (κ1) is 25.0. The van der Waals surface area contributed by atoms with Crippen molar-refractivity contribution in [2.24, 2.45) is 0 Å². The molecule has 10 heteroatoms. The summed E-state index contributed by atoms with van der Waals surface area (Å²) in [4.78, 5) is 27.0. The Morgan fingerprint density at radius 3 is 2.53 bits per heavy atom. The molecular weight excluding hydrogens is 473 g/mol. The zero-order chi connectivity index (χ0) is 24.9. The third kappa shape index (κ3) is 6.26. The lowest BCUT2D eigenvalue weighted by Crippen LogP contribution is -2.15. The summed E-state index contributed by atoms with van der Waals surface area (Å²) in [7, 11) is 0. The summed E-state index contributed by atoms with van der Waals surface area (Å²) in [6.45, 7) is 1.38. The summed E-state index contributed by atoms with van der Waals surface area (Å²) in [6.07, 6.45) is -3.64. The minimum absolute atomic E-state index is 0.0248. The number of carbonyl (C=O) groups excluding carboxylic acids is 1. The number of pyridine rings is 1. The number of nitrogens with zero attached hydrogens (tertiary/aromatic N) is 1. The fourth-order valence-electron chi connectivity index (χ4n) is 3.16. The number of nitrogens with one attached hydrogen (secondary N) is 1. The van der Waals surface area contributed by atoms with E-state index in [-0.39, 0.29) is 30.4 Å². The molecule has 0 atom stereocenters. The number of carboxylic acid groups (broad SMARTS) is 1. The maximum atomic E-state index is 12.9. The van der Waals surface area contributed by atoms with Crippen molar-refractivity contribution in [1.82, 2.24) is 4.98 Å². The molecule has 1 heterocycles. The van der Waals surface area contributed by atoms with Crippen molar-refractivity contribution in [3.05, 3.63) is 76.6 Å². The second-order valence-electron chi connectivity index (χ2n) is 7.34. The molecule has 0 unspecified atom stereocenters. The van der Waals surface area contributed by atoms with Crippen LogP contribution < -0.4 is 10.1 Å². The van der Waals surface area contributed by atoms with Crippen LogP contribution in [0.15, 0.2) is 54.7 Å². The zero-order valence-corrected chi connectivity index (χ0v) is 18.7. The molecular formula is C24H20ClF3N2O4. The molecule has 34 heavy (non-hydrogen) atoms. The number of carboxylic acids is 1. The van der Waals surface area contributed by atoms with Crippen LogP contribution in [0, 0.1) is 6.92 Å². The van der Waals surface area contributed by atoms with Crippen molar-refractivity contribution >= 4 is 29.0 Å². The summed E-state index contributed by atoms with van der Waals surface area (Å²) in [5, 5.41) is 12.0. The third-order valence-electron chi connectivity index (χ3n) is 4.88. The standard InChI is InChI=1S/C24H20ClF3N2O4/c1-14-10-22(24(26,27)28)30-12-17(14)16-11-15(6-7-18(16)25)20(31)13-29-19-4-2-3-5-21(19)34-9-8-23(32)33/h2-7,10-12,29H,8-9,13H2,1H3,(H,32,33). The van der Waals surface area contributed by atoms with Crippen LogP contribution in [-0.4, -0.2) is 35.0 Å². The van der Waals surface area contributed by atoms with Gasteiger partial charge in [-0.2, -0.15) is 13.2 Å². The van der Waals surface area contributed by atoms with Crippen molar-refractivity contribution in [3.8, 4) is 16.9 Å². The van der Waals surface area contributed by atoms with Crippen molar-refractivity contribution < 1.29 is 32.6 Å². The molecule has 0 saturated heterocycles. The van der Waals surface area contributed by atoms with E-state index in [1.165, 1.54) is 25.1 Å². The SMILES string of the molecule is Cc1cc(C(F)(F)F)ncc1-c1cc(C(=O)CNc2ccccc2OCCC(=O)O)ccc1Cl. The van der Waals surface area contributed by atoms with E-state index >= 15 is 0 Å². The highest BCUT2D eigenvalue weighted by Crippen LogP contribution is 2.34. The van der Waals surface area contributed by atoms with E-state index in [9.17, 15) is 22.8 Å². The molecule has 0 spiro atoms. The monoisotopic (exact) mass is 492 g/mol. The lowest BCUT2D eigenvalue weighted by atomic mass is 9.98. The highest BCUT2D eigenvalue weighted by Gasteiger charge is 2.32. The van der Waals surface area contributed by atoms with Crippen LogP contribution in [0.25, 0.3) is 11.1 Å². The van der Waals surface area contributed by atoms with Crippen molar-refractivity contribution in [1.29, 1.82) is 0 Å². The largest absolute Gasteiger partial charge is 0.491 e. The number of aromatic nitrogens is 1. The van der Waals surface area contributed by atoms with Crippen molar-refractivity contribution in [2.45, 2.75) is 19.5 Å². The summed E-state index contributed by atoms with van der Waals surface area (Å²) < 4.78 is 44.3. The van der Waals surface area contributed by atoms with Gasteiger partial charge < -0.3 is 15.2 Å². The van der Waals surface area contributed by atoms with Crippen LogP contribution in [0.2, 0.25) is 5.02 Å². The number of anilines is 1. The molecule has 3 rings (SSSR count). The fourth-order valence-corrected chi connectivity index (χ4v) is 3.38. The molecule has 3 aromatic rings. The van der Waals surface area contributed by atoms with Gasteiger partial charge in [0.25, 0.3) is 0 Å². The summed E-state index contributed by atoms with van der Waals surface area (Å²) >= 11 is 6.27. The Bertz CT molecular complexity index is 1220. The third-order valence-corrected chi connectivity index (χ3v) is 5.21. The molecule has 0 aliphatic rings. The molecule has 1 aromatic heterocycles. The number of benzene rings is 2. The van der Waals surface area contributed by atoms with E-state index < -0.39 is 17.8 Å². The van der Waals surface area contributed by atoms with Crippen LogP contribution in [-0.2, 0) is 11.0 Å². The number of aryl methyl sites for hydroxylation is 1. The summed E-state index contributed by atoms with van der Waals surface area (Å²) in [5.74, 6) is -0.881. The predicted molar refractivity (Wildman–Crippen MR) is 121 cm³/mol. The van der Waals surface area contributed by atoms with Gasteiger partial charge in [0.05, 0.1) is 25.3 Å². The maximum Gasteiger partial charge on any atom is 0.433 e. The second kappa shape index (κ2) is 10.6. The highest BCUT2D eigenvalue weighted by atomic mass is 35.5. The average molecular weight is 493 g/mol. The molecule has 0 radical (unpaired) electrons. The van der Waals surface area contributed by atoms with Gasteiger partial charge in [-0.3, -0.25) is 14.6 Å². The van der Waals surface area contributed by atoms with E-state index in [2.05, 4.69) is 10.3 Å². The highest BCUT2D eigenvalue weighted by molar-refractivity contribution is 6.33. The molecule has 0 aliphatic carbocycles. The van der Waals surface area contributed by atoms with Crippen molar-refractivity contribution in [3.63, 3.8) is 0 Å². The van der Waals surface area contributed by atoms with Gasteiger partial charge in [0.1, 0.15) is 11.4 Å². The van der Waals surface area contributed by atoms with Crippen LogP contribution in [0.1, 0.15) is 28.0 Å². The Kier molecular flexibility index (Phi) is 7.78. The number of para-hydroxylation sites is 2. The van der Waals surface area contributed by atoms with Gasteiger partial charge in [-0.25, -0.2) is 0 Å². The molecule has 178 valence electrons. The minimum Gasteiger partial charge on any atom is -0.491 e. The Hall–Kier alpha value is -3.59. The van der Waals surface area contributed by atoms with E-state index in [0.717, 1.165) is 12.3 Å². The zero-order valence-electron chi connectivity index (χ0n) is 17.9. The number of halogens is 4. The maximum absolute atomic E-state index is 12.9. The van der Waals surface area contributed by atoms with Gasteiger partial charge in [-0.15, -0.1) is 0 Å². The average Bonchev–Trinajstić information content (AvgIpc) is 2.78. The fraction of sp³-hybridized carbons (Fsp3) is 0.208. The number of hydrogen-bond acceptors (Lipinski definition) is 5. The molecule has 0 bridgehead atoms. The molecule has 0 saturated carbocycles. The number of carbonyl (C=O) groups is 2. The molecule has 0 aliphatic heterocycles. The number of ketones is 1. The number of Topliss-reactive ketones (excluding diaryl/α,β-unsaturated/α-hetero) is 1. The molecule has 2 aromatic carbocycles. The van der Waals surface area contributed by atoms with Gasteiger partial charge in [-0.05, 0) is 48.9 Å². The molecule has 0 amide bonds. The smallest absolute Gasteiger partial charge is 0.433 e. The number of hydrogen-bond donors (Lipinski definition) is 2. The van der Waals surface area contributed by atoms with Crippen LogP contribution in [0.3, 0.4) is 0 Å². The quantitative estimate of drug-likeness (QED) is 0.363. The van der Waals surface area contributed by atoms with Gasteiger partial charge in [-0.1, -0.05) is 23.7 Å². The van der Waals surface area contributed by atoms with E-state index in [4.69, 9.17) is 21.4 Å². The minimum atomic E-state index is -4.57. The lowest BCUT2D eigenvalue weighted by molar-refractivity contribution is -0.141. The number of alkyl halides is 3.